The van der Waals surface area contributed by atoms with E-state index in [-0.39, 0.29) is 5.41 Å². The van der Waals surface area contributed by atoms with Gasteiger partial charge in [-0.05, 0) is 113 Å². The van der Waals surface area contributed by atoms with Crippen LogP contribution in [0.1, 0.15) is 26.3 Å². The molecule has 0 atom stereocenters. The summed E-state index contributed by atoms with van der Waals surface area (Å²) in [6.45, 7) is 6.74. The van der Waals surface area contributed by atoms with Gasteiger partial charge in [0.25, 0.3) is 6.33 Å². The number of ether oxygens (including phenoxy) is 1. The quantitative estimate of drug-likeness (QED) is 0.0821. The summed E-state index contributed by atoms with van der Waals surface area (Å²) in [6, 6.07) is 80.5. The molecule has 9 aromatic carbocycles. The lowest BCUT2D eigenvalue weighted by atomic mass is 9.77. The molecule has 15 rings (SSSR count). The number of imidazole rings is 1. The standard InChI is InChI=1S/C70H52BN6O3/c1-70(2,3)48-37-38-72-68(41-48)77-60-36-33-47(46-20-7-5-8-21-46)40-54(60)55-43-64(76-58-28-14-11-24-51(58)52-25-12-15-29-59(52)76)67(44-62(55)77)78-50-34-35-56-63(42-50)75-45-74(49-22-9-6-10-23-49)61-30-19-32-66(69(61)75)80-71(56)79-65-31-16-13-26-53(65)57-27-17-18-39-73(57)4/h5-44H,1-4H3/q+1. The smallest absolute Gasteiger partial charge is 0.525 e. The van der Waals surface area contributed by atoms with Crippen LogP contribution in [-0.4, -0.2) is 25.8 Å². The fourth-order valence-corrected chi connectivity index (χ4v) is 11.8. The zero-order valence-corrected chi connectivity index (χ0v) is 44.6. The number of aryl methyl sites for hydroxylation is 1. The van der Waals surface area contributed by atoms with E-state index in [0.717, 1.165) is 105 Å². The van der Waals surface area contributed by atoms with Crippen LogP contribution in [0, 0.1) is 6.33 Å². The molecule has 0 saturated carbocycles. The van der Waals surface area contributed by atoms with Gasteiger partial charge in [-0.25, -0.2) is 9.55 Å². The molecule has 1 aliphatic heterocycles. The van der Waals surface area contributed by atoms with Gasteiger partial charge in [0.05, 0.1) is 50.2 Å². The van der Waals surface area contributed by atoms with Gasteiger partial charge in [-0.2, -0.15) is 0 Å². The molecule has 0 amide bonds. The highest BCUT2D eigenvalue weighted by Crippen LogP contribution is 2.44. The van der Waals surface area contributed by atoms with Gasteiger partial charge in [-0.1, -0.05) is 142 Å². The molecule has 0 bridgehead atoms. The third kappa shape index (κ3) is 7.74. The van der Waals surface area contributed by atoms with Crippen molar-refractivity contribution in [3.8, 4) is 68.3 Å². The minimum atomic E-state index is -0.865. The minimum Gasteiger partial charge on any atom is -0.525 e. The Morgan fingerprint density at radius 3 is 2.05 bits per heavy atom. The van der Waals surface area contributed by atoms with Gasteiger partial charge in [0.2, 0.25) is 5.69 Å². The van der Waals surface area contributed by atoms with Crippen LogP contribution in [0.4, 0.5) is 0 Å². The topological polar surface area (TPSA) is 63.1 Å². The van der Waals surface area contributed by atoms with Crippen LogP contribution in [0.2, 0.25) is 0 Å². The van der Waals surface area contributed by atoms with E-state index in [4.69, 9.17) is 19.0 Å². The first kappa shape index (κ1) is 47.1. The van der Waals surface area contributed by atoms with Gasteiger partial charge in [0.1, 0.15) is 35.6 Å². The number of hydrogen-bond donors (Lipinski definition) is 0. The van der Waals surface area contributed by atoms with Crippen LogP contribution < -0.4 is 28.6 Å². The van der Waals surface area contributed by atoms with Gasteiger partial charge in [-0.15, -0.1) is 0 Å². The number of para-hydroxylation sites is 5. The maximum absolute atomic E-state index is 7.55. The van der Waals surface area contributed by atoms with Gasteiger partial charge in [-0.3, -0.25) is 13.7 Å². The molecule has 0 fully saturated rings. The maximum Gasteiger partial charge on any atom is 0.628 e. The number of benzene rings is 9. The van der Waals surface area contributed by atoms with Crippen molar-refractivity contribution in [2.75, 3.05) is 0 Å². The first-order chi connectivity index (χ1) is 39.2. The summed E-state index contributed by atoms with van der Waals surface area (Å²) in [7, 11) is 1.18. The molecule has 14 aromatic rings. The summed E-state index contributed by atoms with van der Waals surface area (Å²) in [6.07, 6.45) is 7.74. The van der Waals surface area contributed by atoms with E-state index in [2.05, 4.69) is 214 Å². The first-order valence-electron chi connectivity index (χ1n) is 27.1. The third-order valence-corrected chi connectivity index (χ3v) is 15.7. The molecule has 0 aliphatic carbocycles. The van der Waals surface area contributed by atoms with Gasteiger partial charge in [0.15, 0.2) is 11.9 Å². The first-order valence-corrected chi connectivity index (χ1v) is 27.1. The van der Waals surface area contributed by atoms with Crippen LogP contribution in [0.5, 0.6) is 23.0 Å². The van der Waals surface area contributed by atoms with Crippen LogP contribution >= 0.6 is 0 Å². The average Bonchev–Trinajstić information content (AvgIpc) is 4.18. The highest BCUT2D eigenvalue weighted by atomic mass is 16.6. The largest absolute Gasteiger partial charge is 0.628 e. The molecule has 1 aliphatic rings. The fourth-order valence-electron chi connectivity index (χ4n) is 11.8. The zero-order valence-electron chi connectivity index (χ0n) is 44.6. The summed E-state index contributed by atoms with van der Waals surface area (Å²) >= 11 is 0. The number of rotatable bonds is 9. The molecule has 9 nitrogen and oxygen atoms in total. The van der Waals surface area contributed by atoms with Crippen molar-refractivity contribution in [2.24, 2.45) is 7.05 Å². The Labute approximate surface area is 463 Å². The number of aromatic nitrogens is 6. The molecule has 10 heteroatoms. The van der Waals surface area contributed by atoms with Crippen molar-refractivity contribution in [1.82, 2.24) is 18.7 Å². The van der Waals surface area contributed by atoms with E-state index in [0.29, 0.717) is 23.0 Å². The van der Waals surface area contributed by atoms with E-state index in [9.17, 15) is 0 Å². The molecule has 80 heavy (non-hydrogen) atoms. The Hall–Kier alpha value is -10.2. The summed E-state index contributed by atoms with van der Waals surface area (Å²) in [5, 5.41) is 4.48. The molecular formula is C70H52BN6O3+. The molecule has 0 radical (unpaired) electrons. The molecule has 0 saturated heterocycles. The van der Waals surface area contributed by atoms with E-state index >= 15 is 0 Å². The predicted molar refractivity (Wildman–Crippen MR) is 320 cm³/mol. The second kappa shape index (κ2) is 18.5. The Morgan fingerprint density at radius 1 is 0.550 bits per heavy atom. The van der Waals surface area contributed by atoms with Crippen LogP contribution in [-0.2, 0) is 12.5 Å². The Kier molecular flexibility index (Phi) is 10.9. The Bertz CT molecular complexity index is 4710. The lowest BCUT2D eigenvalue weighted by Crippen LogP contribution is -2.44. The predicted octanol–water partition coefficient (Wildman–Crippen LogP) is 14.7. The third-order valence-electron chi connectivity index (χ3n) is 15.7. The van der Waals surface area contributed by atoms with Crippen molar-refractivity contribution >= 4 is 67.2 Å². The number of hydrogen-bond acceptors (Lipinski definition) is 4. The van der Waals surface area contributed by atoms with Crippen molar-refractivity contribution in [3.05, 3.63) is 255 Å². The molecule has 0 spiro atoms. The lowest BCUT2D eigenvalue weighted by molar-refractivity contribution is -0.660. The maximum atomic E-state index is 7.55. The number of pyridine rings is 2. The monoisotopic (exact) mass is 1040 g/mol. The highest BCUT2D eigenvalue weighted by molar-refractivity contribution is 6.64. The highest BCUT2D eigenvalue weighted by Gasteiger charge is 2.37. The fraction of sp³-hybridized carbons (Fsp3) is 0.0714. The Balaban J connectivity index is 0.978. The van der Waals surface area contributed by atoms with Gasteiger partial charge >= 0.3 is 7.12 Å². The van der Waals surface area contributed by atoms with E-state index in [1.165, 1.54) is 5.56 Å². The van der Waals surface area contributed by atoms with Crippen molar-refractivity contribution in [2.45, 2.75) is 26.2 Å². The van der Waals surface area contributed by atoms with Crippen LogP contribution in [0.3, 0.4) is 0 Å². The van der Waals surface area contributed by atoms with Crippen molar-refractivity contribution < 1.29 is 23.2 Å². The molecule has 0 N–H and O–H groups in total. The summed E-state index contributed by atoms with van der Waals surface area (Å²) in [5.41, 5.74) is 14.7. The molecule has 0 unspecified atom stereocenters. The minimum absolute atomic E-state index is 0.109. The molecule has 382 valence electrons. The summed E-state index contributed by atoms with van der Waals surface area (Å²) < 4.78 is 32.7. The Morgan fingerprint density at radius 2 is 1.26 bits per heavy atom. The average molecular weight is 1040 g/mol. The molecule has 5 aromatic heterocycles. The number of nitrogens with zero attached hydrogens (tertiary/aromatic N) is 6. The normalized spacial score (nSPS) is 12.3. The molecular weight excluding hydrogens is 984 g/mol. The molecule has 6 heterocycles. The SMILES string of the molecule is C[n+]1ccccc1-c1ccccc1OB1Oc2cccc3c2n([c-][n+]3-c2ccccc2)-c2cc(Oc3cc4c(cc3-n3c5ccccc5c5ccccc53)c3cc(-c5ccccc5)ccc3n4-c3cc(C(C)(C)C)ccn3)ccc21. The van der Waals surface area contributed by atoms with E-state index in [1.54, 1.807) is 0 Å². The van der Waals surface area contributed by atoms with Gasteiger partial charge in [0, 0.05) is 51.4 Å². The van der Waals surface area contributed by atoms with E-state index in [1.807, 2.05) is 86.2 Å². The van der Waals surface area contributed by atoms with Gasteiger partial charge < -0.3 is 18.6 Å². The summed E-state index contributed by atoms with van der Waals surface area (Å²) in [5.74, 6) is 3.45. The summed E-state index contributed by atoms with van der Waals surface area (Å²) in [4.78, 5) is 5.11. The van der Waals surface area contributed by atoms with Crippen LogP contribution in [0.25, 0.3) is 99.9 Å². The second-order valence-corrected chi connectivity index (χ2v) is 21.6. The van der Waals surface area contributed by atoms with E-state index < -0.39 is 7.12 Å². The van der Waals surface area contributed by atoms with Crippen molar-refractivity contribution in [3.63, 3.8) is 0 Å². The zero-order chi connectivity index (χ0) is 53.6. The van der Waals surface area contributed by atoms with Crippen LogP contribution in [0.15, 0.2) is 243 Å². The second-order valence-electron chi connectivity index (χ2n) is 21.6. The van der Waals surface area contributed by atoms with Crippen molar-refractivity contribution in [1.29, 1.82) is 0 Å². The number of fused-ring (bicyclic) bond motifs is 8. The lowest BCUT2D eigenvalue weighted by Gasteiger charge is -2.20.